The molecule has 2 aromatic rings. The molecule has 0 spiro atoms. The minimum atomic E-state index is -3.63. The second-order valence-corrected chi connectivity index (χ2v) is 9.43. The Kier molecular flexibility index (Phi) is 9.14. The van der Waals surface area contributed by atoms with Crippen molar-refractivity contribution in [3.63, 3.8) is 0 Å². The highest BCUT2D eigenvalue weighted by atomic mass is 32.2. The van der Waals surface area contributed by atoms with Crippen LogP contribution in [0.4, 0.5) is 5.69 Å². The summed E-state index contributed by atoms with van der Waals surface area (Å²) in [6.45, 7) is 7.68. The maximum Gasteiger partial charge on any atom is 0.338 e. The van der Waals surface area contributed by atoms with Crippen LogP contribution in [-0.2, 0) is 19.6 Å². The van der Waals surface area contributed by atoms with Gasteiger partial charge in [-0.25, -0.2) is 13.2 Å². The number of hydrogen-bond acceptors (Lipinski definition) is 6. The van der Waals surface area contributed by atoms with Crippen molar-refractivity contribution in [2.24, 2.45) is 0 Å². The third kappa shape index (κ3) is 6.63. The molecular formula is C24H29N3O5S. The molecule has 0 heterocycles. The van der Waals surface area contributed by atoms with Crippen LogP contribution >= 0.6 is 0 Å². The molecule has 0 aliphatic heterocycles. The molecule has 0 atom stereocenters. The van der Waals surface area contributed by atoms with Gasteiger partial charge in [0.15, 0.2) is 6.61 Å². The van der Waals surface area contributed by atoms with Crippen molar-refractivity contribution in [2.75, 3.05) is 31.1 Å². The molecule has 0 bridgehead atoms. The molecule has 33 heavy (non-hydrogen) atoms. The minimum Gasteiger partial charge on any atom is -0.452 e. The summed E-state index contributed by atoms with van der Waals surface area (Å²) >= 11 is 0. The van der Waals surface area contributed by atoms with E-state index in [0.717, 1.165) is 11.1 Å². The molecule has 0 saturated heterocycles. The van der Waals surface area contributed by atoms with E-state index in [2.05, 4.69) is 0 Å². The van der Waals surface area contributed by atoms with E-state index in [4.69, 9.17) is 10.00 Å². The molecule has 0 aromatic heterocycles. The quantitative estimate of drug-likeness (QED) is 0.491. The zero-order valence-corrected chi connectivity index (χ0v) is 20.2. The molecule has 0 aliphatic rings. The van der Waals surface area contributed by atoms with Crippen molar-refractivity contribution in [1.82, 2.24) is 4.31 Å². The van der Waals surface area contributed by atoms with Gasteiger partial charge in [-0.05, 0) is 61.4 Å². The van der Waals surface area contributed by atoms with E-state index in [0.29, 0.717) is 18.8 Å². The number of anilines is 1. The molecule has 2 aromatic carbocycles. The Labute approximate surface area is 195 Å². The van der Waals surface area contributed by atoms with E-state index in [1.807, 2.05) is 38.1 Å². The first-order valence-electron chi connectivity index (χ1n) is 10.7. The Morgan fingerprint density at radius 1 is 1.00 bits per heavy atom. The lowest BCUT2D eigenvalue weighted by Gasteiger charge is -2.22. The summed E-state index contributed by atoms with van der Waals surface area (Å²) < 4.78 is 31.6. The van der Waals surface area contributed by atoms with Gasteiger partial charge in [0.25, 0.3) is 5.91 Å². The first-order valence-corrected chi connectivity index (χ1v) is 12.1. The summed E-state index contributed by atoms with van der Waals surface area (Å²) in [6, 6.07) is 13.1. The predicted molar refractivity (Wildman–Crippen MR) is 125 cm³/mol. The summed E-state index contributed by atoms with van der Waals surface area (Å²) in [5.74, 6) is -1.19. The first-order chi connectivity index (χ1) is 15.6. The lowest BCUT2D eigenvalue weighted by atomic mass is 10.1. The molecule has 176 valence electrons. The zero-order valence-electron chi connectivity index (χ0n) is 19.4. The fourth-order valence-corrected chi connectivity index (χ4v) is 4.89. The maximum atomic E-state index is 12.8. The fourth-order valence-electron chi connectivity index (χ4n) is 3.43. The van der Waals surface area contributed by atoms with Gasteiger partial charge >= 0.3 is 5.97 Å². The normalized spacial score (nSPS) is 11.2. The van der Waals surface area contributed by atoms with Crippen LogP contribution < -0.4 is 4.90 Å². The van der Waals surface area contributed by atoms with E-state index in [1.165, 1.54) is 33.5 Å². The average Bonchev–Trinajstić information content (AvgIpc) is 2.77. The lowest BCUT2D eigenvalue weighted by Crippen LogP contribution is -2.35. The van der Waals surface area contributed by atoms with Gasteiger partial charge in [-0.1, -0.05) is 19.9 Å². The highest BCUT2D eigenvalue weighted by molar-refractivity contribution is 7.89. The molecule has 0 saturated carbocycles. The Bertz CT molecular complexity index is 1110. The average molecular weight is 472 g/mol. The van der Waals surface area contributed by atoms with Crippen molar-refractivity contribution in [3.8, 4) is 6.07 Å². The zero-order chi connectivity index (χ0) is 24.6. The Balaban J connectivity index is 2.11. The summed E-state index contributed by atoms with van der Waals surface area (Å²) in [6.07, 6.45) is 0.134. The number of ether oxygens (including phenoxy) is 1. The number of carbonyl (C=O) groups excluding carboxylic acids is 2. The highest BCUT2D eigenvalue weighted by Gasteiger charge is 2.23. The topological polar surface area (TPSA) is 108 Å². The van der Waals surface area contributed by atoms with Crippen LogP contribution in [-0.4, -0.2) is 50.8 Å². The van der Waals surface area contributed by atoms with Crippen LogP contribution in [0.2, 0.25) is 0 Å². The smallest absolute Gasteiger partial charge is 0.338 e. The number of esters is 1. The number of hydrogen-bond donors (Lipinski definition) is 0. The van der Waals surface area contributed by atoms with Gasteiger partial charge in [0, 0.05) is 25.3 Å². The van der Waals surface area contributed by atoms with Gasteiger partial charge < -0.3 is 9.64 Å². The van der Waals surface area contributed by atoms with Crippen LogP contribution in [0.15, 0.2) is 47.4 Å². The Morgan fingerprint density at radius 3 is 2.09 bits per heavy atom. The van der Waals surface area contributed by atoms with Crippen molar-refractivity contribution < 1.29 is 22.7 Å². The van der Waals surface area contributed by atoms with Crippen LogP contribution in [0.1, 0.15) is 41.8 Å². The molecule has 0 unspecified atom stereocenters. The number of aryl methyl sites for hydroxylation is 2. The predicted octanol–water partition coefficient (Wildman–Crippen LogP) is 3.44. The summed E-state index contributed by atoms with van der Waals surface area (Å²) in [5.41, 5.74) is 2.71. The van der Waals surface area contributed by atoms with Crippen LogP contribution in [0.3, 0.4) is 0 Å². The summed E-state index contributed by atoms with van der Waals surface area (Å²) in [4.78, 5) is 26.7. The number of rotatable bonds is 10. The van der Waals surface area contributed by atoms with E-state index in [-0.39, 0.29) is 23.4 Å². The van der Waals surface area contributed by atoms with E-state index < -0.39 is 28.5 Å². The molecule has 9 heteroatoms. The Hall–Kier alpha value is -3.22. The van der Waals surface area contributed by atoms with Gasteiger partial charge in [-0.15, -0.1) is 0 Å². The monoisotopic (exact) mass is 471 g/mol. The number of nitrogens with zero attached hydrogens (tertiary/aromatic N) is 3. The van der Waals surface area contributed by atoms with Crippen molar-refractivity contribution >= 4 is 27.6 Å². The van der Waals surface area contributed by atoms with E-state index >= 15 is 0 Å². The minimum absolute atomic E-state index is 0.0799. The van der Waals surface area contributed by atoms with Crippen LogP contribution in [0.5, 0.6) is 0 Å². The van der Waals surface area contributed by atoms with Crippen LogP contribution in [0, 0.1) is 25.2 Å². The van der Waals surface area contributed by atoms with Crippen molar-refractivity contribution in [1.29, 1.82) is 5.26 Å². The van der Waals surface area contributed by atoms with Crippen molar-refractivity contribution in [3.05, 3.63) is 59.2 Å². The standard InChI is InChI=1S/C24H29N3O5S/c1-5-26(6-2)33(30,31)22-10-8-20(9-11-22)24(29)32-17-23(28)27(13-7-12-25)21-15-18(3)14-19(4)16-21/h8-11,14-16H,5-7,13,17H2,1-4H3. The highest BCUT2D eigenvalue weighted by Crippen LogP contribution is 2.20. The first kappa shape index (κ1) is 26.0. The number of nitriles is 1. The third-order valence-corrected chi connectivity index (χ3v) is 7.09. The molecule has 0 N–H and O–H groups in total. The number of amides is 1. The van der Waals surface area contributed by atoms with E-state index in [9.17, 15) is 18.0 Å². The molecule has 8 nitrogen and oxygen atoms in total. The SMILES string of the molecule is CCN(CC)S(=O)(=O)c1ccc(C(=O)OCC(=O)N(CCC#N)c2cc(C)cc(C)c2)cc1. The molecule has 2 rings (SSSR count). The number of benzene rings is 2. The lowest BCUT2D eigenvalue weighted by molar-refractivity contribution is -0.121. The molecule has 0 fully saturated rings. The van der Waals surface area contributed by atoms with Gasteiger partial charge in [0.05, 0.1) is 22.9 Å². The largest absolute Gasteiger partial charge is 0.452 e. The molecular weight excluding hydrogens is 442 g/mol. The number of carbonyl (C=O) groups is 2. The van der Waals surface area contributed by atoms with Gasteiger partial charge in [-0.3, -0.25) is 4.79 Å². The molecule has 0 radical (unpaired) electrons. The second kappa shape index (κ2) is 11.6. The number of sulfonamides is 1. The Morgan fingerprint density at radius 2 is 1.58 bits per heavy atom. The van der Waals surface area contributed by atoms with Gasteiger partial charge in [0.2, 0.25) is 10.0 Å². The van der Waals surface area contributed by atoms with Gasteiger partial charge in [-0.2, -0.15) is 9.57 Å². The van der Waals surface area contributed by atoms with Gasteiger partial charge in [0.1, 0.15) is 0 Å². The third-order valence-electron chi connectivity index (χ3n) is 5.03. The van der Waals surface area contributed by atoms with E-state index in [1.54, 1.807) is 13.8 Å². The van der Waals surface area contributed by atoms with Crippen LogP contribution in [0.25, 0.3) is 0 Å². The van der Waals surface area contributed by atoms with Crippen molar-refractivity contribution in [2.45, 2.75) is 39.0 Å². The second-order valence-electron chi connectivity index (χ2n) is 7.49. The summed E-state index contributed by atoms with van der Waals surface area (Å²) in [5, 5.41) is 8.95. The maximum absolute atomic E-state index is 12.8. The fraction of sp³-hybridized carbons (Fsp3) is 0.375. The molecule has 1 amide bonds. The molecule has 0 aliphatic carbocycles. The summed E-state index contributed by atoms with van der Waals surface area (Å²) in [7, 11) is -3.63.